The highest BCUT2D eigenvalue weighted by Gasteiger charge is 2.44. The number of benzene rings is 1. The van der Waals surface area contributed by atoms with E-state index in [1.807, 2.05) is 24.3 Å². The monoisotopic (exact) mass is 401 g/mol. The lowest BCUT2D eigenvalue weighted by Crippen LogP contribution is -2.48. The summed E-state index contributed by atoms with van der Waals surface area (Å²) in [7, 11) is 0. The maximum Gasteiger partial charge on any atom is 0.327 e. The molecule has 1 aromatic rings. The molecular weight excluding hydrogens is 386 g/mol. The van der Waals surface area contributed by atoms with Crippen molar-refractivity contribution in [1.29, 1.82) is 0 Å². The standard InChI is InChI=1S/C15H16BrNO3S2/c1-8(2)12(14(19)20)17-13(18)11(22-15(17)21)7-9-3-5-10(16)6-4-9/h3-6,8,11-12H,7H2,1-2H3,(H,19,20). The van der Waals surface area contributed by atoms with Crippen LogP contribution in [0.5, 0.6) is 0 Å². The first-order valence-corrected chi connectivity index (χ1v) is 8.90. The van der Waals surface area contributed by atoms with Gasteiger partial charge in [-0.15, -0.1) is 0 Å². The second-order valence-electron chi connectivity index (χ2n) is 5.44. The van der Waals surface area contributed by atoms with Crippen molar-refractivity contribution in [2.75, 3.05) is 0 Å². The van der Waals surface area contributed by atoms with Crippen LogP contribution in [0.1, 0.15) is 19.4 Å². The summed E-state index contributed by atoms with van der Waals surface area (Å²) in [6, 6.07) is 6.83. The maximum absolute atomic E-state index is 12.6. The molecule has 1 heterocycles. The molecule has 4 nitrogen and oxygen atoms in total. The van der Waals surface area contributed by atoms with E-state index in [2.05, 4.69) is 15.9 Å². The van der Waals surface area contributed by atoms with Gasteiger partial charge in [0.05, 0.1) is 5.25 Å². The lowest BCUT2D eigenvalue weighted by molar-refractivity contribution is -0.147. The lowest BCUT2D eigenvalue weighted by Gasteiger charge is -2.26. The van der Waals surface area contributed by atoms with E-state index in [1.54, 1.807) is 13.8 Å². The van der Waals surface area contributed by atoms with Gasteiger partial charge in [0.15, 0.2) is 0 Å². The van der Waals surface area contributed by atoms with E-state index in [4.69, 9.17) is 12.2 Å². The number of carbonyl (C=O) groups excluding carboxylic acids is 1. The number of carboxylic acids is 1. The maximum atomic E-state index is 12.6. The van der Waals surface area contributed by atoms with Crippen molar-refractivity contribution in [3.63, 3.8) is 0 Å². The number of aliphatic carboxylic acids is 1. The van der Waals surface area contributed by atoms with Gasteiger partial charge in [-0.05, 0) is 30.0 Å². The Morgan fingerprint density at radius 2 is 2.00 bits per heavy atom. The normalized spacial score (nSPS) is 19.8. The van der Waals surface area contributed by atoms with Crippen LogP contribution in [0.3, 0.4) is 0 Å². The molecule has 0 spiro atoms. The van der Waals surface area contributed by atoms with E-state index in [9.17, 15) is 14.7 Å². The number of thioether (sulfide) groups is 1. The number of hydrogen-bond donors (Lipinski definition) is 1. The van der Waals surface area contributed by atoms with Crippen LogP contribution in [0, 0.1) is 5.92 Å². The van der Waals surface area contributed by atoms with E-state index in [1.165, 1.54) is 16.7 Å². The van der Waals surface area contributed by atoms with Gasteiger partial charge in [0, 0.05) is 4.47 Å². The highest BCUT2D eigenvalue weighted by atomic mass is 79.9. The topological polar surface area (TPSA) is 57.6 Å². The van der Waals surface area contributed by atoms with E-state index < -0.39 is 12.0 Å². The van der Waals surface area contributed by atoms with Crippen LogP contribution in [-0.4, -0.2) is 37.5 Å². The first-order chi connectivity index (χ1) is 10.3. The van der Waals surface area contributed by atoms with Gasteiger partial charge in [0.1, 0.15) is 10.4 Å². The Kier molecular flexibility index (Phi) is 5.63. The number of carboxylic acid groups (broad SMARTS) is 1. The number of nitrogens with zero attached hydrogens (tertiary/aromatic N) is 1. The Bertz CT molecular complexity index is 603. The molecule has 1 fully saturated rings. The number of rotatable bonds is 5. The van der Waals surface area contributed by atoms with Gasteiger partial charge in [-0.1, -0.05) is 65.9 Å². The summed E-state index contributed by atoms with van der Waals surface area (Å²) in [6.45, 7) is 3.56. The molecule has 1 aliphatic rings. The first kappa shape index (κ1) is 17.4. The number of carbonyl (C=O) groups is 2. The fourth-order valence-electron chi connectivity index (χ4n) is 2.38. The zero-order valence-corrected chi connectivity index (χ0v) is 15.4. The average molecular weight is 402 g/mol. The molecule has 1 N–H and O–H groups in total. The number of thiocarbonyl (C=S) groups is 1. The first-order valence-electron chi connectivity index (χ1n) is 6.82. The fourth-order valence-corrected chi connectivity index (χ4v) is 4.25. The Hall–Kier alpha value is -0.920. The molecule has 2 unspecified atom stereocenters. The molecule has 1 aliphatic heterocycles. The van der Waals surface area contributed by atoms with Crippen molar-refractivity contribution in [3.8, 4) is 0 Å². The average Bonchev–Trinajstić information content (AvgIpc) is 2.69. The zero-order chi connectivity index (χ0) is 16.4. The molecule has 0 aliphatic carbocycles. The molecule has 22 heavy (non-hydrogen) atoms. The van der Waals surface area contributed by atoms with E-state index in [-0.39, 0.29) is 17.1 Å². The van der Waals surface area contributed by atoms with Crippen LogP contribution in [0.2, 0.25) is 0 Å². The van der Waals surface area contributed by atoms with Crippen molar-refractivity contribution in [3.05, 3.63) is 34.3 Å². The van der Waals surface area contributed by atoms with E-state index >= 15 is 0 Å². The number of hydrogen-bond acceptors (Lipinski definition) is 4. The SMILES string of the molecule is CC(C)C(C(=O)O)N1C(=O)C(Cc2ccc(Br)cc2)SC1=S. The van der Waals surface area contributed by atoms with Crippen LogP contribution in [-0.2, 0) is 16.0 Å². The Morgan fingerprint density at radius 3 is 2.50 bits per heavy atom. The molecule has 0 bridgehead atoms. The van der Waals surface area contributed by atoms with Crippen molar-refractivity contribution >= 4 is 56.1 Å². The molecular formula is C15H16BrNO3S2. The van der Waals surface area contributed by atoms with Crippen LogP contribution in [0.4, 0.5) is 0 Å². The van der Waals surface area contributed by atoms with E-state index in [0.29, 0.717) is 10.7 Å². The highest BCUT2D eigenvalue weighted by molar-refractivity contribution is 9.10. The predicted molar refractivity (Wildman–Crippen MR) is 94.9 cm³/mol. The van der Waals surface area contributed by atoms with Gasteiger partial charge >= 0.3 is 5.97 Å². The fraction of sp³-hybridized carbons (Fsp3) is 0.400. The largest absolute Gasteiger partial charge is 0.480 e. The summed E-state index contributed by atoms with van der Waals surface area (Å²) in [6.07, 6.45) is 0.540. The van der Waals surface area contributed by atoms with E-state index in [0.717, 1.165) is 10.0 Å². The third-order valence-electron chi connectivity index (χ3n) is 3.45. The summed E-state index contributed by atoms with van der Waals surface area (Å²) in [5, 5.41) is 9.03. The van der Waals surface area contributed by atoms with Gasteiger partial charge in [-0.3, -0.25) is 9.69 Å². The minimum Gasteiger partial charge on any atom is -0.480 e. The minimum atomic E-state index is -1.02. The summed E-state index contributed by atoms with van der Waals surface area (Å²) in [5.74, 6) is -1.43. The number of amides is 1. The smallest absolute Gasteiger partial charge is 0.327 e. The molecule has 2 atom stereocenters. The number of halogens is 1. The van der Waals surface area contributed by atoms with Gasteiger partial charge in [0.2, 0.25) is 5.91 Å². The van der Waals surface area contributed by atoms with Crippen molar-refractivity contribution in [2.24, 2.45) is 5.92 Å². The summed E-state index contributed by atoms with van der Waals surface area (Å²) in [4.78, 5) is 25.3. The molecule has 0 saturated carbocycles. The molecule has 1 saturated heterocycles. The predicted octanol–water partition coefficient (Wildman–Crippen LogP) is 3.33. The molecule has 0 aromatic heterocycles. The lowest BCUT2D eigenvalue weighted by atomic mass is 10.0. The van der Waals surface area contributed by atoms with Crippen LogP contribution >= 0.6 is 39.9 Å². The molecule has 0 radical (unpaired) electrons. The molecule has 118 valence electrons. The van der Waals surface area contributed by atoms with Crippen molar-refractivity contribution in [1.82, 2.24) is 4.90 Å². The Morgan fingerprint density at radius 1 is 1.41 bits per heavy atom. The van der Waals surface area contributed by atoms with Crippen molar-refractivity contribution < 1.29 is 14.7 Å². The third-order valence-corrected chi connectivity index (χ3v) is 5.51. The van der Waals surface area contributed by atoms with Gasteiger partial charge in [-0.2, -0.15) is 0 Å². The summed E-state index contributed by atoms with van der Waals surface area (Å²) < 4.78 is 1.33. The minimum absolute atomic E-state index is 0.202. The van der Waals surface area contributed by atoms with Crippen LogP contribution in [0.25, 0.3) is 0 Å². The summed E-state index contributed by atoms with van der Waals surface area (Å²) >= 11 is 9.89. The molecule has 1 aromatic carbocycles. The Balaban J connectivity index is 2.17. The van der Waals surface area contributed by atoms with Crippen LogP contribution < -0.4 is 0 Å². The van der Waals surface area contributed by atoms with Gasteiger partial charge in [-0.25, -0.2) is 4.79 Å². The van der Waals surface area contributed by atoms with Crippen LogP contribution in [0.15, 0.2) is 28.7 Å². The zero-order valence-electron chi connectivity index (χ0n) is 12.2. The highest BCUT2D eigenvalue weighted by Crippen LogP contribution is 2.33. The molecule has 1 amide bonds. The van der Waals surface area contributed by atoms with Gasteiger partial charge < -0.3 is 5.11 Å². The molecule has 2 rings (SSSR count). The van der Waals surface area contributed by atoms with Gasteiger partial charge in [0.25, 0.3) is 0 Å². The Labute approximate surface area is 147 Å². The second-order valence-corrected chi connectivity index (χ2v) is 8.19. The molecule has 7 heteroatoms. The second kappa shape index (κ2) is 7.10. The van der Waals surface area contributed by atoms with Crippen molar-refractivity contribution in [2.45, 2.75) is 31.6 Å². The quantitative estimate of drug-likeness (QED) is 0.766. The third kappa shape index (κ3) is 3.70. The summed E-state index contributed by atoms with van der Waals surface area (Å²) in [5.41, 5.74) is 1.02.